The minimum absolute atomic E-state index is 0.0227. The Balaban J connectivity index is 1.89. The molecule has 3 rings (SSSR count). The molecule has 1 saturated carbocycles. The van der Waals surface area contributed by atoms with E-state index in [-0.39, 0.29) is 29.9 Å². The molecule has 2 amide bonds. The molecule has 0 unspecified atom stereocenters. The first-order valence-corrected chi connectivity index (χ1v) is 10.7. The quantitative estimate of drug-likeness (QED) is 0.410. The Morgan fingerprint density at radius 3 is 2.57 bits per heavy atom. The molecule has 0 spiro atoms. The van der Waals surface area contributed by atoms with E-state index in [1.54, 1.807) is 23.5 Å². The summed E-state index contributed by atoms with van der Waals surface area (Å²) >= 11 is 0. The van der Waals surface area contributed by atoms with Crippen LogP contribution in [0.2, 0.25) is 0 Å². The molecular weight excluding hydrogens is 388 g/mol. The van der Waals surface area contributed by atoms with E-state index in [0.717, 1.165) is 25.7 Å². The smallest absolute Gasteiger partial charge is 0.359 e. The van der Waals surface area contributed by atoms with Gasteiger partial charge in [-0.15, -0.1) is 0 Å². The number of imidazole rings is 1. The molecule has 1 aliphatic heterocycles. The average molecular weight is 421 g/mol. The van der Waals surface area contributed by atoms with Crippen LogP contribution in [0.25, 0.3) is 0 Å². The number of esters is 1. The summed E-state index contributed by atoms with van der Waals surface area (Å²) in [5.74, 6) is -1.23. The number of aromatic nitrogens is 2. The van der Waals surface area contributed by atoms with Gasteiger partial charge >= 0.3 is 5.97 Å². The SMILES string of the molecule is COCCCN1C(=O)c2c(C(=O)OC)ncn2C[C@@]1(C)C(=O)NC1CCCCCC1. The summed E-state index contributed by atoms with van der Waals surface area (Å²) in [5.41, 5.74) is -0.942. The van der Waals surface area contributed by atoms with Crippen molar-refractivity contribution in [3.8, 4) is 0 Å². The molecule has 1 N–H and O–H groups in total. The lowest BCUT2D eigenvalue weighted by atomic mass is 9.93. The molecule has 1 atom stereocenters. The molecule has 0 saturated heterocycles. The Morgan fingerprint density at radius 1 is 1.23 bits per heavy atom. The summed E-state index contributed by atoms with van der Waals surface area (Å²) in [4.78, 5) is 44.6. The number of ether oxygens (including phenoxy) is 2. The number of carbonyl (C=O) groups is 3. The summed E-state index contributed by atoms with van der Waals surface area (Å²) in [7, 11) is 2.85. The van der Waals surface area contributed by atoms with Crippen LogP contribution in [-0.2, 0) is 20.8 Å². The Morgan fingerprint density at radius 2 is 1.93 bits per heavy atom. The molecule has 166 valence electrons. The van der Waals surface area contributed by atoms with Gasteiger partial charge in [-0.3, -0.25) is 9.59 Å². The number of fused-ring (bicyclic) bond motifs is 1. The van der Waals surface area contributed by atoms with Gasteiger partial charge in [0, 0.05) is 26.3 Å². The van der Waals surface area contributed by atoms with E-state index in [2.05, 4.69) is 10.3 Å². The largest absolute Gasteiger partial charge is 0.464 e. The first-order valence-electron chi connectivity index (χ1n) is 10.7. The number of methoxy groups -OCH3 is 2. The molecule has 9 heteroatoms. The van der Waals surface area contributed by atoms with Crippen LogP contribution in [0.15, 0.2) is 6.33 Å². The minimum atomic E-state index is -1.09. The predicted molar refractivity (Wildman–Crippen MR) is 109 cm³/mol. The van der Waals surface area contributed by atoms with Crippen LogP contribution in [0, 0.1) is 0 Å². The van der Waals surface area contributed by atoms with Gasteiger partial charge in [-0.05, 0) is 26.2 Å². The average Bonchev–Trinajstić information content (AvgIpc) is 2.98. The van der Waals surface area contributed by atoms with E-state index in [1.165, 1.54) is 26.3 Å². The Kier molecular flexibility index (Phi) is 7.12. The highest BCUT2D eigenvalue weighted by Gasteiger charge is 2.49. The summed E-state index contributed by atoms with van der Waals surface area (Å²) in [6, 6.07) is 0.127. The van der Waals surface area contributed by atoms with Gasteiger partial charge in [0.2, 0.25) is 5.91 Å². The van der Waals surface area contributed by atoms with Crippen LogP contribution >= 0.6 is 0 Å². The highest BCUT2D eigenvalue weighted by Crippen LogP contribution is 2.30. The molecule has 9 nitrogen and oxygen atoms in total. The normalized spacial score (nSPS) is 22.4. The lowest BCUT2D eigenvalue weighted by Crippen LogP contribution is -2.65. The zero-order chi connectivity index (χ0) is 21.7. The zero-order valence-corrected chi connectivity index (χ0v) is 18.1. The van der Waals surface area contributed by atoms with Crippen LogP contribution in [-0.4, -0.2) is 71.2 Å². The minimum Gasteiger partial charge on any atom is -0.464 e. The van der Waals surface area contributed by atoms with Gasteiger partial charge in [0.05, 0.1) is 20.0 Å². The van der Waals surface area contributed by atoms with Crippen LogP contribution in [0.3, 0.4) is 0 Å². The summed E-state index contributed by atoms with van der Waals surface area (Å²) < 4.78 is 11.5. The van der Waals surface area contributed by atoms with Crippen LogP contribution in [0.5, 0.6) is 0 Å². The predicted octanol–water partition coefficient (Wildman–Crippen LogP) is 1.76. The molecule has 0 radical (unpaired) electrons. The number of carbonyl (C=O) groups excluding carboxylic acids is 3. The third kappa shape index (κ3) is 4.35. The molecule has 2 heterocycles. The monoisotopic (exact) mass is 420 g/mol. The number of amides is 2. The highest BCUT2D eigenvalue weighted by atomic mass is 16.5. The fourth-order valence-electron chi connectivity index (χ4n) is 4.42. The third-order valence-corrected chi connectivity index (χ3v) is 6.15. The summed E-state index contributed by atoms with van der Waals surface area (Å²) in [5, 5.41) is 3.19. The van der Waals surface area contributed by atoms with Gasteiger partial charge in [-0.1, -0.05) is 25.7 Å². The van der Waals surface area contributed by atoms with Crippen molar-refractivity contribution in [1.29, 1.82) is 0 Å². The maximum Gasteiger partial charge on any atom is 0.359 e. The Hall–Kier alpha value is -2.42. The van der Waals surface area contributed by atoms with Crippen molar-refractivity contribution in [3.05, 3.63) is 17.7 Å². The van der Waals surface area contributed by atoms with E-state index < -0.39 is 17.4 Å². The van der Waals surface area contributed by atoms with E-state index in [4.69, 9.17) is 9.47 Å². The van der Waals surface area contributed by atoms with Crippen LogP contribution < -0.4 is 5.32 Å². The first kappa shape index (κ1) is 22.3. The molecule has 1 fully saturated rings. The molecule has 30 heavy (non-hydrogen) atoms. The maximum absolute atomic E-state index is 13.4. The van der Waals surface area contributed by atoms with Crippen molar-refractivity contribution in [1.82, 2.24) is 19.8 Å². The van der Waals surface area contributed by atoms with Crippen LogP contribution in [0.1, 0.15) is 72.8 Å². The fraction of sp³-hybridized carbons (Fsp3) is 0.714. The first-order chi connectivity index (χ1) is 14.4. The van der Waals surface area contributed by atoms with Gasteiger partial charge in [0.25, 0.3) is 5.91 Å². The molecular formula is C21H32N4O5. The van der Waals surface area contributed by atoms with Crippen molar-refractivity contribution in [2.24, 2.45) is 0 Å². The second-order valence-electron chi connectivity index (χ2n) is 8.30. The topological polar surface area (TPSA) is 103 Å². The van der Waals surface area contributed by atoms with Crippen molar-refractivity contribution in [2.75, 3.05) is 27.4 Å². The van der Waals surface area contributed by atoms with Gasteiger partial charge < -0.3 is 24.3 Å². The zero-order valence-electron chi connectivity index (χ0n) is 18.1. The van der Waals surface area contributed by atoms with E-state index in [9.17, 15) is 14.4 Å². The summed E-state index contributed by atoms with van der Waals surface area (Å²) in [6.07, 6.45) is 8.53. The number of nitrogens with zero attached hydrogens (tertiary/aromatic N) is 3. The second-order valence-corrected chi connectivity index (χ2v) is 8.30. The third-order valence-electron chi connectivity index (χ3n) is 6.15. The van der Waals surface area contributed by atoms with E-state index in [1.807, 2.05) is 0 Å². The molecule has 1 aromatic rings. The van der Waals surface area contributed by atoms with Crippen molar-refractivity contribution in [2.45, 2.75) is 70.0 Å². The lowest BCUT2D eigenvalue weighted by Gasteiger charge is -2.44. The van der Waals surface area contributed by atoms with E-state index in [0.29, 0.717) is 19.6 Å². The number of rotatable bonds is 7. The molecule has 0 aromatic carbocycles. The van der Waals surface area contributed by atoms with Gasteiger partial charge in [0.1, 0.15) is 11.2 Å². The van der Waals surface area contributed by atoms with Gasteiger partial charge in [-0.25, -0.2) is 9.78 Å². The fourth-order valence-corrected chi connectivity index (χ4v) is 4.42. The second kappa shape index (κ2) is 9.59. The van der Waals surface area contributed by atoms with E-state index >= 15 is 0 Å². The Labute approximate surface area is 177 Å². The number of hydrogen-bond acceptors (Lipinski definition) is 6. The molecule has 1 aliphatic carbocycles. The number of nitrogens with one attached hydrogen (secondary N) is 1. The summed E-state index contributed by atoms with van der Waals surface area (Å²) in [6.45, 7) is 2.81. The Bertz CT molecular complexity index is 784. The number of hydrogen-bond donors (Lipinski definition) is 1. The lowest BCUT2D eigenvalue weighted by molar-refractivity contribution is -0.133. The van der Waals surface area contributed by atoms with Crippen LogP contribution in [0.4, 0.5) is 0 Å². The van der Waals surface area contributed by atoms with Gasteiger partial charge in [-0.2, -0.15) is 0 Å². The van der Waals surface area contributed by atoms with Crippen molar-refractivity contribution < 1.29 is 23.9 Å². The van der Waals surface area contributed by atoms with Crippen molar-refractivity contribution in [3.63, 3.8) is 0 Å². The van der Waals surface area contributed by atoms with Gasteiger partial charge in [0.15, 0.2) is 5.69 Å². The highest BCUT2D eigenvalue weighted by molar-refractivity contribution is 6.06. The molecule has 0 bridgehead atoms. The maximum atomic E-state index is 13.4. The standard InChI is InChI=1S/C21H32N4O5/c1-21(20(28)23-15-9-6-4-5-7-10-15)13-24-14-22-16(19(27)30-3)17(24)18(26)25(21)11-8-12-29-2/h14-15H,4-13H2,1-3H3,(H,23,28)/t21-/m0/s1. The van der Waals surface area contributed by atoms with Crippen molar-refractivity contribution >= 4 is 17.8 Å². The molecule has 2 aliphatic rings. The molecule has 1 aromatic heterocycles.